The summed E-state index contributed by atoms with van der Waals surface area (Å²) in [5.41, 5.74) is 0.944. The van der Waals surface area contributed by atoms with E-state index in [-0.39, 0.29) is 17.8 Å². The molecule has 0 aliphatic carbocycles. The predicted octanol–water partition coefficient (Wildman–Crippen LogP) is 3.78. The molecule has 6 nitrogen and oxygen atoms in total. The van der Waals surface area contributed by atoms with E-state index in [2.05, 4.69) is 14.7 Å². The van der Waals surface area contributed by atoms with Crippen LogP contribution in [0.25, 0.3) is 0 Å². The van der Waals surface area contributed by atoms with Crippen molar-refractivity contribution in [2.24, 2.45) is 0 Å². The Hall–Kier alpha value is -2.74. The molecule has 0 bridgehead atoms. The second kappa shape index (κ2) is 9.45. The van der Waals surface area contributed by atoms with Crippen LogP contribution in [0.3, 0.4) is 0 Å². The summed E-state index contributed by atoms with van der Waals surface area (Å²) in [5, 5.41) is 3.63. The third-order valence-corrected chi connectivity index (χ3v) is 4.80. The number of hydrogen-bond acceptors (Lipinski definition) is 6. The van der Waals surface area contributed by atoms with Crippen molar-refractivity contribution in [3.63, 3.8) is 0 Å². The molecule has 0 saturated heterocycles. The Morgan fingerprint density at radius 2 is 2.07 bits per heavy atom. The highest BCUT2D eigenvalue weighted by molar-refractivity contribution is 7.09. The van der Waals surface area contributed by atoms with Gasteiger partial charge in [-0.2, -0.15) is 4.37 Å². The standard InChI is InChI=1S/C20H23FN4O2S/c1-14(2)22-19(26)9-10-25(13-17-4-3-11-27-17)20-23-18(24-28-20)12-15-5-7-16(21)8-6-15/h3-8,11,14H,9-10,12-13H2,1-2H3,(H,22,26). The topological polar surface area (TPSA) is 71.3 Å². The summed E-state index contributed by atoms with van der Waals surface area (Å²) in [6.45, 7) is 4.88. The first kappa shape index (κ1) is 20.0. The number of carbonyl (C=O) groups excluding carboxylic acids is 1. The smallest absolute Gasteiger partial charge is 0.221 e. The predicted molar refractivity (Wildman–Crippen MR) is 107 cm³/mol. The number of anilines is 1. The second-order valence-corrected chi connectivity index (χ2v) is 7.50. The van der Waals surface area contributed by atoms with E-state index in [9.17, 15) is 9.18 Å². The molecule has 0 radical (unpaired) electrons. The lowest BCUT2D eigenvalue weighted by molar-refractivity contribution is -0.121. The zero-order valence-corrected chi connectivity index (χ0v) is 16.7. The minimum atomic E-state index is -0.264. The van der Waals surface area contributed by atoms with E-state index < -0.39 is 0 Å². The van der Waals surface area contributed by atoms with Gasteiger partial charge < -0.3 is 14.6 Å². The average molecular weight is 402 g/mol. The Balaban J connectivity index is 1.69. The van der Waals surface area contributed by atoms with Gasteiger partial charge in [0.1, 0.15) is 17.4 Å². The van der Waals surface area contributed by atoms with Crippen LogP contribution in [-0.2, 0) is 17.8 Å². The van der Waals surface area contributed by atoms with E-state index in [0.29, 0.717) is 31.8 Å². The van der Waals surface area contributed by atoms with Gasteiger partial charge in [-0.1, -0.05) is 12.1 Å². The zero-order chi connectivity index (χ0) is 19.9. The summed E-state index contributed by atoms with van der Waals surface area (Å²) in [5.74, 6) is 1.19. The van der Waals surface area contributed by atoms with Crippen LogP contribution in [0.15, 0.2) is 47.1 Å². The molecule has 1 N–H and O–H groups in total. The number of furan rings is 1. The Bertz CT molecular complexity index is 878. The van der Waals surface area contributed by atoms with Crippen LogP contribution in [0.1, 0.15) is 37.4 Å². The van der Waals surface area contributed by atoms with Crippen molar-refractivity contribution in [3.05, 3.63) is 65.6 Å². The number of aromatic nitrogens is 2. The molecule has 3 aromatic rings. The first-order valence-electron chi connectivity index (χ1n) is 9.13. The lowest BCUT2D eigenvalue weighted by atomic mass is 10.1. The minimum absolute atomic E-state index is 0.00417. The largest absolute Gasteiger partial charge is 0.467 e. The molecular formula is C20H23FN4O2S. The van der Waals surface area contributed by atoms with Gasteiger partial charge in [0.25, 0.3) is 0 Å². The van der Waals surface area contributed by atoms with E-state index >= 15 is 0 Å². The number of rotatable bonds is 9. The summed E-state index contributed by atoms with van der Waals surface area (Å²) in [6, 6.07) is 10.1. The van der Waals surface area contributed by atoms with Gasteiger partial charge in [-0.05, 0) is 43.7 Å². The van der Waals surface area contributed by atoms with E-state index in [1.807, 2.05) is 30.9 Å². The molecule has 148 valence electrons. The van der Waals surface area contributed by atoms with Gasteiger partial charge >= 0.3 is 0 Å². The molecular weight excluding hydrogens is 379 g/mol. The number of halogens is 1. The van der Waals surface area contributed by atoms with Crippen molar-refractivity contribution in [2.75, 3.05) is 11.4 Å². The molecule has 2 aromatic heterocycles. The van der Waals surface area contributed by atoms with E-state index in [1.54, 1.807) is 18.4 Å². The van der Waals surface area contributed by atoms with Gasteiger partial charge in [-0.3, -0.25) is 4.79 Å². The van der Waals surface area contributed by atoms with Crippen LogP contribution in [0.5, 0.6) is 0 Å². The van der Waals surface area contributed by atoms with Gasteiger partial charge in [0.15, 0.2) is 0 Å². The maximum atomic E-state index is 13.1. The fraction of sp³-hybridized carbons (Fsp3) is 0.350. The Morgan fingerprint density at radius 1 is 1.29 bits per heavy atom. The normalized spacial score (nSPS) is 11.0. The van der Waals surface area contributed by atoms with Crippen molar-refractivity contribution in [2.45, 2.75) is 39.3 Å². The second-order valence-electron chi connectivity index (χ2n) is 6.77. The lowest BCUT2D eigenvalue weighted by Crippen LogP contribution is -2.34. The Morgan fingerprint density at radius 3 is 2.75 bits per heavy atom. The van der Waals surface area contributed by atoms with E-state index in [4.69, 9.17) is 4.42 Å². The van der Waals surface area contributed by atoms with Crippen LogP contribution in [-0.4, -0.2) is 27.9 Å². The van der Waals surface area contributed by atoms with Crippen LogP contribution in [0.2, 0.25) is 0 Å². The number of hydrogen-bond donors (Lipinski definition) is 1. The highest BCUT2D eigenvalue weighted by Gasteiger charge is 2.16. The molecule has 0 aliphatic heterocycles. The minimum Gasteiger partial charge on any atom is -0.467 e. The molecule has 0 unspecified atom stereocenters. The quantitative estimate of drug-likeness (QED) is 0.590. The first-order valence-corrected chi connectivity index (χ1v) is 9.90. The molecule has 1 aromatic carbocycles. The molecule has 28 heavy (non-hydrogen) atoms. The number of nitrogens with one attached hydrogen (secondary N) is 1. The SMILES string of the molecule is CC(C)NC(=O)CCN(Cc1ccco1)c1nc(Cc2ccc(F)cc2)ns1. The highest BCUT2D eigenvalue weighted by atomic mass is 32.1. The summed E-state index contributed by atoms with van der Waals surface area (Å²) in [6.07, 6.45) is 2.50. The van der Waals surface area contributed by atoms with Gasteiger partial charge in [-0.15, -0.1) is 0 Å². The maximum Gasteiger partial charge on any atom is 0.221 e. The summed E-state index contributed by atoms with van der Waals surface area (Å²) in [7, 11) is 0. The van der Waals surface area contributed by atoms with Crippen molar-refractivity contribution in [1.82, 2.24) is 14.7 Å². The van der Waals surface area contributed by atoms with Gasteiger partial charge in [-0.25, -0.2) is 9.37 Å². The average Bonchev–Trinajstić information content (AvgIpc) is 3.32. The van der Waals surface area contributed by atoms with Crippen molar-refractivity contribution in [1.29, 1.82) is 0 Å². The summed E-state index contributed by atoms with van der Waals surface area (Å²) >= 11 is 1.28. The number of amides is 1. The van der Waals surface area contributed by atoms with Gasteiger partial charge in [0, 0.05) is 37.0 Å². The molecule has 2 heterocycles. The van der Waals surface area contributed by atoms with Crippen LogP contribution in [0, 0.1) is 5.82 Å². The molecule has 0 saturated carbocycles. The van der Waals surface area contributed by atoms with Crippen molar-refractivity contribution in [3.8, 4) is 0 Å². The molecule has 0 aliphatic rings. The molecule has 0 spiro atoms. The number of nitrogens with zero attached hydrogens (tertiary/aromatic N) is 3. The Labute approximate surface area is 167 Å². The van der Waals surface area contributed by atoms with Crippen LogP contribution in [0.4, 0.5) is 9.52 Å². The lowest BCUT2D eigenvalue weighted by Gasteiger charge is -2.20. The van der Waals surface area contributed by atoms with Crippen molar-refractivity contribution < 1.29 is 13.6 Å². The third kappa shape index (κ3) is 5.88. The fourth-order valence-electron chi connectivity index (χ4n) is 2.69. The van der Waals surface area contributed by atoms with E-state index in [0.717, 1.165) is 16.5 Å². The van der Waals surface area contributed by atoms with Crippen molar-refractivity contribution >= 4 is 22.6 Å². The monoisotopic (exact) mass is 402 g/mol. The molecule has 3 rings (SSSR count). The first-order chi connectivity index (χ1) is 13.5. The highest BCUT2D eigenvalue weighted by Crippen LogP contribution is 2.22. The number of carbonyl (C=O) groups is 1. The van der Waals surface area contributed by atoms with Gasteiger partial charge in [0.05, 0.1) is 12.8 Å². The molecule has 8 heteroatoms. The molecule has 1 amide bonds. The summed E-state index contributed by atoms with van der Waals surface area (Å²) in [4.78, 5) is 18.6. The molecule has 0 atom stereocenters. The third-order valence-electron chi connectivity index (χ3n) is 3.99. The van der Waals surface area contributed by atoms with Gasteiger partial charge in [0.2, 0.25) is 11.0 Å². The zero-order valence-electron chi connectivity index (χ0n) is 15.9. The van der Waals surface area contributed by atoms with Crippen LogP contribution < -0.4 is 10.2 Å². The number of benzene rings is 1. The maximum absolute atomic E-state index is 13.1. The summed E-state index contributed by atoms with van der Waals surface area (Å²) < 4.78 is 22.9. The Kier molecular flexibility index (Phi) is 6.76. The van der Waals surface area contributed by atoms with E-state index in [1.165, 1.54) is 23.7 Å². The fourth-order valence-corrected chi connectivity index (χ4v) is 3.40. The van der Waals surface area contributed by atoms with Crippen LogP contribution >= 0.6 is 11.5 Å². The molecule has 0 fully saturated rings.